The standard InChI is InChI=1S/C12H15FN2O.ClH/c1-8-5-9(13)3-4-11(8)12(16)15(2)10-6-14-7-10;/h3-5,10,14H,6-7H2,1-2H3;1H. The molecule has 1 aliphatic heterocycles. The second-order valence-corrected chi connectivity index (χ2v) is 4.19. The molecule has 17 heavy (non-hydrogen) atoms. The molecule has 1 aromatic rings. The van der Waals surface area contributed by atoms with E-state index in [1.807, 2.05) is 0 Å². The predicted octanol–water partition coefficient (Wildman–Crippen LogP) is 1.60. The Morgan fingerprint density at radius 1 is 1.47 bits per heavy atom. The van der Waals surface area contributed by atoms with Crippen LogP contribution < -0.4 is 5.32 Å². The highest BCUT2D eigenvalue weighted by molar-refractivity contribution is 5.95. The second-order valence-electron chi connectivity index (χ2n) is 4.19. The number of aryl methyl sites for hydroxylation is 1. The molecular weight excluding hydrogens is 243 g/mol. The molecule has 2 rings (SSSR count). The third kappa shape index (κ3) is 2.76. The van der Waals surface area contributed by atoms with Crippen LogP contribution >= 0.6 is 12.4 Å². The van der Waals surface area contributed by atoms with Crippen molar-refractivity contribution in [2.45, 2.75) is 13.0 Å². The zero-order valence-electron chi connectivity index (χ0n) is 9.87. The Hall–Kier alpha value is -1.13. The van der Waals surface area contributed by atoms with E-state index in [0.29, 0.717) is 11.1 Å². The number of hydrogen-bond acceptors (Lipinski definition) is 2. The van der Waals surface area contributed by atoms with E-state index in [1.54, 1.807) is 24.9 Å². The number of halogens is 2. The van der Waals surface area contributed by atoms with Crippen LogP contribution in [0.1, 0.15) is 15.9 Å². The van der Waals surface area contributed by atoms with Crippen LogP contribution in [-0.4, -0.2) is 37.0 Å². The van der Waals surface area contributed by atoms with Gasteiger partial charge in [-0.25, -0.2) is 4.39 Å². The molecule has 0 bridgehead atoms. The number of rotatable bonds is 2. The summed E-state index contributed by atoms with van der Waals surface area (Å²) in [5, 5.41) is 3.12. The number of nitrogens with one attached hydrogen (secondary N) is 1. The molecule has 94 valence electrons. The highest BCUT2D eigenvalue weighted by atomic mass is 35.5. The van der Waals surface area contributed by atoms with Gasteiger partial charge in [0.2, 0.25) is 0 Å². The lowest BCUT2D eigenvalue weighted by Gasteiger charge is -2.35. The first-order valence-electron chi connectivity index (χ1n) is 5.33. The molecule has 1 N–H and O–H groups in total. The maximum Gasteiger partial charge on any atom is 0.254 e. The van der Waals surface area contributed by atoms with Crippen molar-refractivity contribution >= 4 is 18.3 Å². The van der Waals surface area contributed by atoms with Gasteiger partial charge in [-0.1, -0.05) is 0 Å². The van der Waals surface area contributed by atoms with Gasteiger partial charge in [0.25, 0.3) is 5.91 Å². The Morgan fingerprint density at radius 2 is 2.12 bits per heavy atom. The van der Waals surface area contributed by atoms with Gasteiger partial charge < -0.3 is 10.2 Å². The maximum atomic E-state index is 12.9. The molecule has 0 radical (unpaired) electrons. The minimum Gasteiger partial charge on any atom is -0.336 e. The molecule has 1 aliphatic rings. The number of carbonyl (C=O) groups excluding carboxylic acids is 1. The van der Waals surface area contributed by atoms with Gasteiger partial charge in [-0.15, -0.1) is 12.4 Å². The largest absolute Gasteiger partial charge is 0.336 e. The average molecular weight is 259 g/mol. The van der Waals surface area contributed by atoms with Crippen LogP contribution in [0.15, 0.2) is 18.2 Å². The van der Waals surface area contributed by atoms with E-state index < -0.39 is 0 Å². The number of likely N-dealkylation sites (N-methyl/N-ethyl adjacent to an activating group) is 1. The topological polar surface area (TPSA) is 32.3 Å². The monoisotopic (exact) mass is 258 g/mol. The lowest BCUT2D eigenvalue weighted by atomic mass is 10.1. The smallest absolute Gasteiger partial charge is 0.254 e. The summed E-state index contributed by atoms with van der Waals surface area (Å²) in [4.78, 5) is 13.8. The zero-order valence-corrected chi connectivity index (χ0v) is 10.7. The van der Waals surface area contributed by atoms with E-state index in [2.05, 4.69) is 5.32 Å². The molecule has 0 aromatic heterocycles. The van der Waals surface area contributed by atoms with Crippen molar-refractivity contribution < 1.29 is 9.18 Å². The van der Waals surface area contributed by atoms with Crippen molar-refractivity contribution in [1.29, 1.82) is 0 Å². The first-order valence-corrected chi connectivity index (χ1v) is 5.33. The highest BCUT2D eigenvalue weighted by Crippen LogP contribution is 2.14. The Kier molecular flexibility index (Phi) is 4.48. The zero-order chi connectivity index (χ0) is 11.7. The molecule has 5 heteroatoms. The third-order valence-electron chi connectivity index (χ3n) is 3.05. The van der Waals surface area contributed by atoms with Crippen LogP contribution in [0.4, 0.5) is 4.39 Å². The predicted molar refractivity (Wildman–Crippen MR) is 67.1 cm³/mol. The normalized spacial score (nSPS) is 14.8. The van der Waals surface area contributed by atoms with E-state index in [-0.39, 0.29) is 30.2 Å². The van der Waals surface area contributed by atoms with E-state index in [1.165, 1.54) is 12.1 Å². The van der Waals surface area contributed by atoms with Gasteiger partial charge in [-0.2, -0.15) is 0 Å². The minimum atomic E-state index is -0.304. The lowest BCUT2D eigenvalue weighted by molar-refractivity contribution is 0.0680. The summed E-state index contributed by atoms with van der Waals surface area (Å²) >= 11 is 0. The van der Waals surface area contributed by atoms with Gasteiger partial charge in [0, 0.05) is 25.7 Å². The number of carbonyl (C=O) groups is 1. The fourth-order valence-electron chi connectivity index (χ4n) is 1.77. The Morgan fingerprint density at radius 3 is 2.59 bits per heavy atom. The average Bonchev–Trinajstić information content (AvgIpc) is 2.14. The summed E-state index contributed by atoms with van der Waals surface area (Å²) in [7, 11) is 1.79. The van der Waals surface area contributed by atoms with Crippen LogP contribution in [0.3, 0.4) is 0 Å². The van der Waals surface area contributed by atoms with Crippen molar-refractivity contribution in [2.24, 2.45) is 0 Å². The molecule has 1 saturated heterocycles. The molecule has 0 saturated carbocycles. The summed E-state index contributed by atoms with van der Waals surface area (Å²) < 4.78 is 12.9. The Balaban J connectivity index is 0.00000144. The van der Waals surface area contributed by atoms with Crippen LogP contribution in [0.25, 0.3) is 0 Å². The number of benzene rings is 1. The number of nitrogens with zero attached hydrogens (tertiary/aromatic N) is 1. The first kappa shape index (κ1) is 13.9. The molecule has 0 spiro atoms. The van der Waals surface area contributed by atoms with E-state index in [4.69, 9.17) is 0 Å². The second kappa shape index (κ2) is 5.47. The third-order valence-corrected chi connectivity index (χ3v) is 3.05. The van der Waals surface area contributed by atoms with Gasteiger partial charge in [0.1, 0.15) is 5.82 Å². The van der Waals surface area contributed by atoms with Crippen molar-refractivity contribution in [3.63, 3.8) is 0 Å². The van der Waals surface area contributed by atoms with Crippen molar-refractivity contribution in [3.05, 3.63) is 35.1 Å². The molecule has 0 atom stereocenters. The fraction of sp³-hybridized carbons (Fsp3) is 0.417. The Labute approximate surface area is 106 Å². The summed E-state index contributed by atoms with van der Waals surface area (Å²) in [5.74, 6) is -0.342. The maximum absolute atomic E-state index is 12.9. The summed E-state index contributed by atoms with van der Waals surface area (Å²) in [6.07, 6.45) is 0. The quantitative estimate of drug-likeness (QED) is 0.874. The number of hydrogen-bond donors (Lipinski definition) is 1. The molecule has 0 unspecified atom stereocenters. The van der Waals surface area contributed by atoms with Gasteiger partial charge in [-0.3, -0.25) is 4.79 Å². The molecule has 3 nitrogen and oxygen atoms in total. The van der Waals surface area contributed by atoms with Crippen molar-refractivity contribution in [1.82, 2.24) is 10.2 Å². The van der Waals surface area contributed by atoms with Crippen molar-refractivity contribution in [3.8, 4) is 0 Å². The van der Waals surface area contributed by atoms with Gasteiger partial charge in [0.15, 0.2) is 0 Å². The van der Waals surface area contributed by atoms with E-state index >= 15 is 0 Å². The van der Waals surface area contributed by atoms with E-state index in [0.717, 1.165) is 13.1 Å². The Bertz CT molecular complexity index is 421. The van der Waals surface area contributed by atoms with Gasteiger partial charge >= 0.3 is 0 Å². The van der Waals surface area contributed by atoms with Crippen molar-refractivity contribution in [2.75, 3.05) is 20.1 Å². The van der Waals surface area contributed by atoms with Gasteiger partial charge in [-0.05, 0) is 30.7 Å². The van der Waals surface area contributed by atoms with Gasteiger partial charge in [0.05, 0.1) is 6.04 Å². The number of amides is 1. The molecule has 1 aromatic carbocycles. The van der Waals surface area contributed by atoms with Crippen LogP contribution in [-0.2, 0) is 0 Å². The summed E-state index contributed by atoms with van der Waals surface area (Å²) in [6, 6.07) is 4.53. The minimum absolute atomic E-state index is 0. The summed E-state index contributed by atoms with van der Waals surface area (Å²) in [6.45, 7) is 3.42. The lowest BCUT2D eigenvalue weighted by Crippen LogP contribution is -2.57. The SMILES string of the molecule is Cc1cc(F)ccc1C(=O)N(C)C1CNC1.Cl. The van der Waals surface area contributed by atoms with Crippen LogP contribution in [0.5, 0.6) is 0 Å². The molecule has 0 aliphatic carbocycles. The van der Waals surface area contributed by atoms with Crippen LogP contribution in [0, 0.1) is 12.7 Å². The molecule has 1 fully saturated rings. The summed E-state index contributed by atoms with van der Waals surface area (Å²) in [5.41, 5.74) is 1.26. The van der Waals surface area contributed by atoms with Crippen LogP contribution in [0.2, 0.25) is 0 Å². The highest BCUT2D eigenvalue weighted by Gasteiger charge is 2.26. The molecule has 1 amide bonds. The first-order chi connectivity index (χ1) is 7.59. The molecule has 1 heterocycles. The van der Waals surface area contributed by atoms with E-state index in [9.17, 15) is 9.18 Å². The fourth-order valence-corrected chi connectivity index (χ4v) is 1.77. The molecular formula is C12H16ClFN2O.